The van der Waals surface area contributed by atoms with Gasteiger partial charge in [0.1, 0.15) is 10.6 Å². The highest BCUT2D eigenvalue weighted by molar-refractivity contribution is 8.14. The summed E-state index contributed by atoms with van der Waals surface area (Å²) in [6.07, 6.45) is 1.56. The molecule has 1 aromatic carbocycles. The Morgan fingerprint density at radius 2 is 1.89 bits per heavy atom. The van der Waals surface area contributed by atoms with Gasteiger partial charge in [-0.2, -0.15) is 0 Å². The summed E-state index contributed by atoms with van der Waals surface area (Å²) in [6.45, 7) is 0. The summed E-state index contributed by atoms with van der Waals surface area (Å²) in [6, 6.07) is 11.0. The van der Waals surface area contributed by atoms with Gasteiger partial charge >= 0.3 is 0 Å². The van der Waals surface area contributed by atoms with Crippen molar-refractivity contribution in [1.82, 2.24) is 4.98 Å². The first-order chi connectivity index (χ1) is 8.68. The van der Waals surface area contributed by atoms with Gasteiger partial charge in [-0.25, -0.2) is 4.98 Å². The Hall–Kier alpha value is -2.21. The van der Waals surface area contributed by atoms with E-state index in [-0.39, 0.29) is 16.4 Å². The molecule has 0 saturated carbocycles. The lowest BCUT2D eigenvalue weighted by Crippen LogP contribution is -2.00. The smallest absolute Gasteiger partial charge is 0.281 e. The summed E-state index contributed by atoms with van der Waals surface area (Å²) in [4.78, 5) is 26.2. The number of aromatic nitrogens is 1. The zero-order valence-corrected chi connectivity index (χ0v) is 9.96. The van der Waals surface area contributed by atoms with Crippen LogP contribution in [0.5, 0.6) is 0 Å². The average Bonchev–Trinajstić information content (AvgIpc) is 2.40. The molecule has 90 valence electrons. The van der Waals surface area contributed by atoms with E-state index in [4.69, 9.17) is 0 Å². The topological polar surface area (TPSA) is 73.1 Å². The van der Waals surface area contributed by atoms with E-state index in [1.165, 1.54) is 18.2 Å². The fourth-order valence-electron chi connectivity index (χ4n) is 1.36. The maximum atomic E-state index is 12.0. The van der Waals surface area contributed by atoms with E-state index in [2.05, 4.69) is 4.98 Å². The molecule has 0 N–H and O–H groups in total. The van der Waals surface area contributed by atoms with Crippen molar-refractivity contribution < 1.29 is 9.72 Å². The molecule has 0 bridgehead atoms. The zero-order valence-electron chi connectivity index (χ0n) is 9.15. The minimum Gasteiger partial charge on any atom is -0.281 e. The highest BCUT2D eigenvalue weighted by atomic mass is 32.2. The fourth-order valence-corrected chi connectivity index (χ4v) is 2.10. The van der Waals surface area contributed by atoms with Crippen LogP contribution in [0.15, 0.2) is 53.7 Å². The van der Waals surface area contributed by atoms with E-state index >= 15 is 0 Å². The van der Waals surface area contributed by atoms with Crippen LogP contribution >= 0.6 is 11.8 Å². The average molecular weight is 260 g/mol. The van der Waals surface area contributed by atoms with Crippen molar-refractivity contribution in [2.24, 2.45) is 0 Å². The number of benzene rings is 1. The summed E-state index contributed by atoms with van der Waals surface area (Å²) in [7, 11) is 0. The van der Waals surface area contributed by atoms with Crippen LogP contribution in [0.25, 0.3) is 0 Å². The van der Waals surface area contributed by atoms with Crippen LogP contribution in [0.3, 0.4) is 0 Å². The van der Waals surface area contributed by atoms with Crippen molar-refractivity contribution in [2.75, 3.05) is 0 Å². The van der Waals surface area contributed by atoms with Gasteiger partial charge in [0.15, 0.2) is 0 Å². The van der Waals surface area contributed by atoms with Gasteiger partial charge in [-0.3, -0.25) is 14.9 Å². The van der Waals surface area contributed by atoms with Gasteiger partial charge in [-0.05, 0) is 30.0 Å². The van der Waals surface area contributed by atoms with Crippen molar-refractivity contribution in [3.8, 4) is 0 Å². The van der Waals surface area contributed by atoms with Crippen molar-refractivity contribution >= 4 is 22.6 Å². The van der Waals surface area contributed by atoms with Gasteiger partial charge in [-0.15, -0.1) is 0 Å². The molecule has 0 aliphatic rings. The standard InChI is InChI=1S/C12H8N2O3S/c15-12(18-11-7-3-4-8-13-11)9-5-1-2-6-10(9)14(16)17/h1-8H. The second-order valence-electron chi connectivity index (χ2n) is 3.33. The summed E-state index contributed by atoms with van der Waals surface area (Å²) in [5, 5.41) is 10.9. The zero-order chi connectivity index (χ0) is 13.0. The quantitative estimate of drug-likeness (QED) is 0.482. The summed E-state index contributed by atoms with van der Waals surface area (Å²) >= 11 is 0.874. The first-order valence-electron chi connectivity index (χ1n) is 5.05. The molecule has 2 rings (SSSR count). The Kier molecular flexibility index (Phi) is 3.69. The highest BCUT2D eigenvalue weighted by Gasteiger charge is 2.20. The number of carbonyl (C=O) groups excluding carboxylic acids is 1. The number of para-hydroxylation sites is 1. The normalized spacial score (nSPS) is 10.0. The van der Waals surface area contributed by atoms with E-state index < -0.39 is 4.92 Å². The Balaban J connectivity index is 2.27. The van der Waals surface area contributed by atoms with E-state index in [1.807, 2.05) is 0 Å². The second-order valence-corrected chi connectivity index (χ2v) is 4.32. The number of carbonyl (C=O) groups is 1. The molecule has 0 saturated heterocycles. The van der Waals surface area contributed by atoms with Crippen LogP contribution in [0.1, 0.15) is 10.4 Å². The van der Waals surface area contributed by atoms with Crippen LogP contribution in [0.2, 0.25) is 0 Å². The molecule has 0 radical (unpaired) electrons. The molecule has 6 heteroatoms. The van der Waals surface area contributed by atoms with E-state index in [1.54, 1.807) is 30.5 Å². The van der Waals surface area contributed by atoms with E-state index in [0.717, 1.165) is 11.8 Å². The molecule has 1 aromatic heterocycles. The number of pyridine rings is 1. The van der Waals surface area contributed by atoms with Crippen LogP contribution < -0.4 is 0 Å². The van der Waals surface area contributed by atoms with Gasteiger partial charge < -0.3 is 0 Å². The molecule has 2 aromatic rings. The summed E-state index contributed by atoms with van der Waals surface area (Å²) < 4.78 is 0. The lowest BCUT2D eigenvalue weighted by molar-refractivity contribution is -0.385. The third kappa shape index (κ3) is 2.72. The molecule has 0 spiro atoms. The number of thioether (sulfide) groups is 1. The Bertz CT molecular complexity index is 587. The number of nitro benzene ring substituents is 1. The Morgan fingerprint density at radius 1 is 1.17 bits per heavy atom. The summed E-state index contributed by atoms with van der Waals surface area (Å²) in [5.41, 5.74) is -0.107. The van der Waals surface area contributed by atoms with Crippen molar-refractivity contribution in [2.45, 2.75) is 5.03 Å². The Morgan fingerprint density at radius 3 is 2.56 bits per heavy atom. The van der Waals surface area contributed by atoms with Crippen molar-refractivity contribution in [1.29, 1.82) is 0 Å². The molecule has 18 heavy (non-hydrogen) atoms. The van der Waals surface area contributed by atoms with Crippen LogP contribution in [0.4, 0.5) is 5.69 Å². The molecule has 0 fully saturated rings. The van der Waals surface area contributed by atoms with E-state index in [9.17, 15) is 14.9 Å². The number of hydrogen-bond acceptors (Lipinski definition) is 5. The molecule has 0 unspecified atom stereocenters. The van der Waals surface area contributed by atoms with Gasteiger partial charge in [-0.1, -0.05) is 18.2 Å². The number of hydrogen-bond donors (Lipinski definition) is 0. The molecule has 0 aliphatic heterocycles. The number of nitrogens with zero attached hydrogens (tertiary/aromatic N) is 2. The predicted octanol–water partition coefficient (Wildman–Crippen LogP) is 2.92. The second kappa shape index (κ2) is 5.42. The minimum absolute atomic E-state index is 0.0816. The van der Waals surface area contributed by atoms with Crippen LogP contribution in [-0.2, 0) is 0 Å². The van der Waals surface area contributed by atoms with Gasteiger partial charge in [0.2, 0.25) is 5.12 Å². The Labute approximate surface area is 107 Å². The third-order valence-electron chi connectivity index (χ3n) is 2.16. The fraction of sp³-hybridized carbons (Fsp3) is 0. The van der Waals surface area contributed by atoms with Gasteiger partial charge in [0.05, 0.1) is 4.92 Å². The maximum absolute atomic E-state index is 12.0. The lowest BCUT2D eigenvalue weighted by atomic mass is 10.2. The maximum Gasteiger partial charge on any atom is 0.281 e. The molecule has 0 atom stereocenters. The van der Waals surface area contributed by atoms with Crippen LogP contribution in [0, 0.1) is 10.1 Å². The number of nitro groups is 1. The van der Waals surface area contributed by atoms with Crippen molar-refractivity contribution in [3.05, 3.63) is 64.3 Å². The van der Waals surface area contributed by atoms with Gasteiger partial charge in [0, 0.05) is 12.3 Å². The van der Waals surface area contributed by atoms with Gasteiger partial charge in [0.25, 0.3) is 5.69 Å². The van der Waals surface area contributed by atoms with E-state index in [0.29, 0.717) is 5.03 Å². The number of rotatable bonds is 3. The highest BCUT2D eigenvalue weighted by Crippen LogP contribution is 2.26. The SMILES string of the molecule is O=C(Sc1ccccn1)c1ccccc1[N+](=O)[O-]. The molecule has 0 amide bonds. The molecular weight excluding hydrogens is 252 g/mol. The minimum atomic E-state index is -0.563. The van der Waals surface area contributed by atoms with Crippen molar-refractivity contribution in [3.63, 3.8) is 0 Å². The van der Waals surface area contributed by atoms with Crippen LogP contribution in [-0.4, -0.2) is 15.0 Å². The largest absolute Gasteiger partial charge is 0.281 e. The first-order valence-corrected chi connectivity index (χ1v) is 5.87. The molecule has 0 aliphatic carbocycles. The third-order valence-corrected chi connectivity index (χ3v) is 3.01. The molecular formula is C12H8N2O3S. The monoisotopic (exact) mass is 260 g/mol. The molecule has 1 heterocycles. The predicted molar refractivity (Wildman–Crippen MR) is 67.5 cm³/mol. The molecule has 5 nitrogen and oxygen atoms in total. The lowest BCUT2D eigenvalue weighted by Gasteiger charge is -2.01. The summed E-state index contributed by atoms with van der Waals surface area (Å²) in [5.74, 6) is 0. The first kappa shape index (κ1) is 12.3.